The number of hydrogen-bond acceptors (Lipinski definition) is 4. The first-order valence-electron chi connectivity index (χ1n) is 7.91. The zero-order valence-electron chi connectivity index (χ0n) is 12.4. The quantitative estimate of drug-likeness (QED) is 0.873. The third-order valence-corrected chi connectivity index (χ3v) is 5.66. The molecule has 0 radical (unpaired) electrons. The lowest BCUT2D eigenvalue weighted by atomic mass is 9.92. The molecule has 0 saturated carbocycles. The maximum atomic E-state index is 5.34. The van der Waals surface area contributed by atoms with Crippen LogP contribution in [0.4, 0.5) is 0 Å². The predicted octanol–water partition coefficient (Wildman–Crippen LogP) is 2.83. The van der Waals surface area contributed by atoms with Crippen molar-refractivity contribution in [3.63, 3.8) is 0 Å². The summed E-state index contributed by atoms with van der Waals surface area (Å²) in [5, 5.41) is 5.91. The molecule has 1 fully saturated rings. The highest BCUT2D eigenvalue weighted by molar-refractivity contribution is 7.10. The van der Waals surface area contributed by atoms with Crippen molar-refractivity contribution in [2.75, 3.05) is 33.4 Å². The number of thiophene rings is 1. The van der Waals surface area contributed by atoms with E-state index in [1.807, 2.05) is 18.4 Å². The Labute approximate surface area is 126 Å². The minimum absolute atomic E-state index is 0.613. The standard InChI is InChI=1S/C16H26N2OS/c1-19-10-9-18(12-13-4-3-8-17-13)15-5-2-6-16-14(15)7-11-20-16/h7,11,13,15,17H,2-6,8-10,12H2,1H3. The Kier molecular flexibility index (Phi) is 5.10. The van der Waals surface area contributed by atoms with Crippen LogP contribution in [0, 0.1) is 0 Å². The molecule has 1 aliphatic heterocycles. The van der Waals surface area contributed by atoms with Crippen molar-refractivity contribution in [1.29, 1.82) is 0 Å². The third-order valence-electron chi connectivity index (χ3n) is 4.66. The zero-order chi connectivity index (χ0) is 13.8. The van der Waals surface area contributed by atoms with E-state index in [1.54, 1.807) is 10.4 Å². The van der Waals surface area contributed by atoms with E-state index in [1.165, 1.54) is 45.2 Å². The molecule has 2 atom stereocenters. The summed E-state index contributed by atoms with van der Waals surface area (Å²) in [6.07, 6.45) is 6.58. The summed E-state index contributed by atoms with van der Waals surface area (Å²) in [4.78, 5) is 4.28. The summed E-state index contributed by atoms with van der Waals surface area (Å²) in [6, 6.07) is 3.64. The van der Waals surface area contributed by atoms with E-state index >= 15 is 0 Å². The Hall–Kier alpha value is -0.420. The molecule has 1 N–H and O–H groups in total. The van der Waals surface area contributed by atoms with Crippen molar-refractivity contribution < 1.29 is 4.74 Å². The normalized spacial score (nSPS) is 26.1. The Morgan fingerprint density at radius 3 is 3.15 bits per heavy atom. The molecule has 3 nitrogen and oxygen atoms in total. The van der Waals surface area contributed by atoms with Crippen LogP contribution in [0.1, 0.15) is 42.2 Å². The molecule has 4 heteroatoms. The Morgan fingerprint density at radius 1 is 1.40 bits per heavy atom. The van der Waals surface area contributed by atoms with Gasteiger partial charge in [-0.15, -0.1) is 11.3 Å². The van der Waals surface area contributed by atoms with Crippen LogP contribution < -0.4 is 5.32 Å². The molecule has 1 aliphatic carbocycles. The van der Waals surface area contributed by atoms with Gasteiger partial charge in [0.25, 0.3) is 0 Å². The summed E-state index contributed by atoms with van der Waals surface area (Å²) < 4.78 is 5.34. The maximum absolute atomic E-state index is 5.34. The molecule has 0 amide bonds. The van der Waals surface area contributed by atoms with E-state index in [0.29, 0.717) is 12.1 Å². The summed E-state index contributed by atoms with van der Waals surface area (Å²) in [5.74, 6) is 0. The molecule has 0 bridgehead atoms. The average molecular weight is 294 g/mol. The summed E-state index contributed by atoms with van der Waals surface area (Å²) in [6.45, 7) is 4.25. The van der Waals surface area contributed by atoms with Crippen LogP contribution in [0.15, 0.2) is 11.4 Å². The first-order chi connectivity index (χ1) is 9.88. The van der Waals surface area contributed by atoms with Gasteiger partial charge in [0.2, 0.25) is 0 Å². The van der Waals surface area contributed by atoms with Gasteiger partial charge in [0, 0.05) is 37.2 Å². The predicted molar refractivity (Wildman–Crippen MR) is 84.5 cm³/mol. The first-order valence-corrected chi connectivity index (χ1v) is 8.79. The third kappa shape index (κ3) is 3.25. The number of fused-ring (bicyclic) bond motifs is 1. The topological polar surface area (TPSA) is 24.5 Å². The van der Waals surface area contributed by atoms with Crippen LogP contribution in [-0.2, 0) is 11.2 Å². The molecule has 0 spiro atoms. The molecular formula is C16H26N2OS. The lowest BCUT2D eigenvalue weighted by molar-refractivity contribution is 0.105. The van der Waals surface area contributed by atoms with Gasteiger partial charge >= 0.3 is 0 Å². The fourth-order valence-electron chi connectivity index (χ4n) is 3.62. The van der Waals surface area contributed by atoms with Crippen molar-refractivity contribution >= 4 is 11.3 Å². The van der Waals surface area contributed by atoms with Crippen LogP contribution in [0.2, 0.25) is 0 Å². The lowest BCUT2D eigenvalue weighted by Crippen LogP contribution is -2.42. The average Bonchev–Trinajstić information content (AvgIpc) is 3.13. The van der Waals surface area contributed by atoms with E-state index < -0.39 is 0 Å². The largest absolute Gasteiger partial charge is 0.383 e. The Morgan fingerprint density at radius 2 is 2.35 bits per heavy atom. The molecule has 2 heterocycles. The Bertz CT molecular complexity index is 414. The second-order valence-electron chi connectivity index (χ2n) is 5.99. The fraction of sp³-hybridized carbons (Fsp3) is 0.750. The molecule has 2 aliphatic rings. The van der Waals surface area contributed by atoms with Crippen molar-refractivity contribution in [1.82, 2.24) is 10.2 Å². The van der Waals surface area contributed by atoms with E-state index in [-0.39, 0.29) is 0 Å². The molecule has 20 heavy (non-hydrogen) atoms. The number of ether oxygens (including phenoxy) is 1. The number of nitrogens with zero attached hydrogens (tertiary/aromatic N) is 1. The van der Waals surface area contributed by atoms with Crippen LogP contribution in [0.25, 0.3) is 0 Å². The van der Waals surface area contributed by atoms with Crippen LogP contribution in [0.5, 0.6) is 0 Å². The van der Waals surface area contributed by atoms with Gasteiger partial charge < -0.3 is 10.1 Å². The minimum Gasteiger partial charge on any atom is -0.383 e. The SMILES string of the molecule is COCCN(CC1CCCN1)C1CCCc2sccc21. The van der Waals surface area contributed by atoms with Crippen molar-refractivity contribution in [3.05, 3.63) is 21.9 Å². The highest BCUT2D eigenvalue weighted by atomic mass is 32.1. The summed E-state index contributed by atoms with van der Waals surface area (Å²) >= 11 is 1.94. The molecule has 1 aromatic rings. The van der Waals surface area contributed by atoms with E-state index in [2.05, 4.69) is 21.7 Å². The molecular weight excluding hydrogens is 268 g/mol. The molecule has 0 aromatic carbocycles. The molecule has 1 saturated heterocycles. The van der Waals surface area contributed by atoms with Gasteiger partial charge in [0.1, 0.15) is 0 Å². The first kappa shape index (κ1) is 14.5. The summed E-state index contributed by atoms with van der Waals surface area (Å²) in [7, 11) is 1.81. The number of methoxy groups -OCH3 is 1. The molecule has 3 rings (SSSR count). The monoisotopic (exact) mass is 294 g/mol. The van der Waals surface area contributed by atoms with Crippen LogP contribution in [-0.4, -0.2) is 44.3 Å². The van der Waals surface area contributed by atoms with E-state index in [9.17, 15) is 0 Å². The lowest BCUT2D eigenvalue weighted by Gasteiger charge is -2.36. The van der Waals surface area contributed by atoms with E-state index in [0.717, 1.165) is 13.2 Å². The summed E-state index contributed by atoms with van der Waals surface area (Å²) in [5.41, 5.74) is 1.59. The van der Waals surface area contributed by atoms with Gasteiger partial charge in [-0.25, -0.2) is 0 Å². The van der Waals surface area contributed by atoms with Gasteiger partial charge in [-0.2, -0.15) is 0 Å². The maximum Gasteiger partial charge on any atom is 0.0589 e. The number of aryl methyl sites for hydroxylation is 1. The fourth-order valence-corrected chi connectivity index (χ4v) is 4.60. The van der Waals surface area contributed by atoms with Gasteiger partial charge in [-0.3, -0.25) is 4.90 Å². The van der Waals surface area contributed by atoms with Crippen molar-refractivity contribution in [2.45, 2.75) is 44.2 Å². The smallest absolute Gasteiger partial charge is 0.0589 e. The number of nitrogens with one attached hydrogen (secondary N) is 1. The molecule has 1 aromatic heterocycles. The number of hydrogen-bond donors (Lipinski definition) is 1. The Balaban J connectivity index is 1.71. The van der Waals surface area contributed by atoms with E-state index in [4.69, 9.17) is 4.74 Å². The van der Waals surface area contributed by atoms with Gasteiger partial charge in [-0.05, 0) is 55.7 Å². The second-order valence-corrected chi connectivity index (χ2v) is 6.99. The van der Waals surface area contributed by atoms with Crippen molar-refractivity contribution in [2.24, 2.45) is 0 Å². The van der Waals surface area contributed by atoms with Crippen LogP contribution >= 0.6 is 11.3 Å². The minimum atomic E-state index is 0.613. The van der Waals surface area contributed by atoms with Gasteiger partial charge in [0.05, 0.1) is 6.61 Å². The molecule has 112 valence electrons. The highest BCUT2D eigenvalue weighted by Gasteiger charge is 2.28. The second kappa shape index (κ2) is 7.03. The zero-order valence-corrected chi connectivity index (χ0v) is 13.3. The highest BCUT2D eigenvalue weighted by Crippen LogP contribution is 2.37. The number of rotatable bonds is 6. The van der Waals surface area contributed by atoms with Crippen LogP contribution in [0.3, 0.4) is 0 Å². The van der Waals surface area contributed by atoms with Gasteiger partial charge in [-0.1, -0.05) is 0 Å². The molecule has 2 unspecified atom stereocenters. The van der Waals surface area contributed by atoms with Gasteiger partial charge in [0.15, 0.2) is 0 Å². The van der Waals surface area contributed by atoms with Crippen molar-refractivity contribution in [3.8, 4) is 0 Å².